The molecular weight excluding hydrogens is 388 g/mol. The summed E-state index contributed by atoms with van der Waals surface area (Å²) >= 11 is 0. The van der Waals surface area contributed by atoms with E-state index in [1.807, 2.05) is 0 Å². The monoisotopic (exact) mass is 418 g/mol. The summed E-state index contributed by atoms with van der Waals surface area (Å²) in [7, 11) is 0. The predicted molar refractivity (Wildman–Crippen MR) is 97.4 cm³/mol. The molecule has 0 aromatic carbocycles. The Balaban J connectivity index is 0.000000291. The minimum atomic E-state index is -0.559. The van der Waals surface area contributed by atoms with E-state index in [1.54, 1.807) is 27.7 Å². The van der Waals surface area contributed by atoms with Crippen LogP contribution in [0.15, 0.2) is 0 Å². The molecule has 0 N–H and O–H groups in total. The fourth-order valence-electron chi connectivity index (χ4n) is 1.81. The van der Waals surface area contributed by atoms with Gasteiger partial charge in [0.2, 0.25) is 6.29 Å². The van der Waals surface area contributed by atoms with Crippen molar-refractivity contribution in [3.63, 3.8) is 0 Å². The number of epoxide rings is 1. The molecule has 29 heavy (non-hydrogen) atoms. The highest BCUT2D eigenvalue weighted by molar-refractivity contribution is 5.77. The third-order valence-electron chi connectivity index (χ3n) is 3.59. The number of hydrogen-bond acceptors (Lipinski definition) is 10. The van der Waals surface area contributed by atoms with Gasteiger partial charge >= 0.3 is 23.9 Å². The molecule has 2 unspecified atom stereocenters. The van der Waals surface area contributed by atoms with Crippen LogP contribution < -0.4 is 0 Å². The molecule has 0 spiro atoms. The van der Waals surface area contributed by atoms with Crippen molar-refractivity contribution < 1.29 is 47.6 Å². The summed E-state index contributed by atoms with van der Waals surface area (Å²) in [5.74, 6) is -2.36. The molecular formula is C19H30O10. The lowest BCUT2D eigenvalue weighted by Gasteiger charge is -2.11. The molecule has 0 radical (unpaired) electrons. The van der Waals surface area contributed by atoms with Gasteiger partial charge in [0.05, 0.1) is 25.0 Å². The lowest BCUT2D eigenvalue weighted by atomic mass is 10.2. The molecule has 10 nitrogen and oxygen atoms in total. The maximum absolute atomic E-state index is 11.1. The van der Waals surface area contributed by atoms with Gasteiger partial charge in [-0.3, -0.25) is 9.59 Å². The first-order valence-electron chi connectivity index (χ1n) is 9.60. The number of esters is 4. The zero-order valence-electron chi connectivity index (χ0n) is 17.3. The van der Waals surface area contributed by atoms with Gasteiger partial charge in [0.1, 0.15) is 12.7 Å². The molecule has 0 aromatic heterocycles. The summed E-state index contributed by atoms with van der Waals surface area (Å²) in [5, 5.41) is 0. The van der Waals surface area contributed by atoms with Crippen molar-refractivity contribution in [2.75, 3.05) is 33.0 Å². The molecule has 2 atom stereocenters. The average molecular weight is 418 g/mol. The van der Waals surface area contributed by atoms with Crippen molar-refractivity contribution in [3.05, 3.63) is 0 Å². The second-order valence-electron chi connectivity index (χ2n) is 7.10. The molecule has 2 aliphatic rings. The normalized spacial score (nSPS) is 19.8. The van der Waals surface area contributed by atoms with Crippen molar-refractivity contribution in [2.45, 2.75) is 52.9 Å². The summed E-state index contributed by atoms with van der Waals surface area (Å²) in [6.07, 6.45) is 1.18. The Morgan fingerprint density at radius 1 is 0.862 bits per heavy atom. The van der Waals surface area contributed by atoms with Crippen molar-refractivity contribution in [2.24, 2.45) is 11.8 Å². The van der Waals surface area contributed by atoms with E-state index in [0.29, 0.717) is 19.6 Å². The largest absolute Gasteiger partial charge is 0.460 e. The molecule has 0 saturated carbocycles. The summed E-state index contributed by atoms with van der Waals surface area (Å²) in [6.45, 7) is 7.65. The zero-order valence-corrected chi connectivity index (χ0v) is 17.3. The van der Waals surface area contributed by atoms with Gasteiger partial charge in [-0.15, -0.1) is 0 Å². The Kier molecular flexibility index (Phi) is 11.2. The third kappa shape index (κ3) is 12.1. The lowest BCUT2D eigenvalue weighted by Crippen LogP contribution is -2.23. The molecule has 0 bridgehead atoms. The smallest absolute Gasteiger partial charge is 0.346 e. The Morgan fingerprint density at radius 3 is 1.86 bits per heavy atom. The zero-order chi connectivity index (χ0) is 21.8. The number of ether oxygens (including phenoxy) is 6. The highest BCUT2D eigenvalue weighted by Crippen LogP contribution is 2.13. The van der Waals surface area contributed by atoms with Gasteiger partial charge in [0, 0.05) is 6.42 Å². The second-order valence-corrected chi connectivity index (χ2v) is 7.10. The van der Waals surface area contributed by atoms with Crippen LogP contribution in [0.25, 0.3) is 0 Å². The van der Waals surface area contributed by atoms with Gasteiger partial charge in [-0.05, 0) is 6.42 Å². The van der Waals surface area contributed by atoms with Crippen LogP contribution >= 0.6 is 0 Å². The van der Waals surface area contributed by atoms with Crippen molar-refractivity contribution in [3.8, 4) is 0 Å². The Hall–Kier alpha value is -2.20. The van der Waals surface area contributed by atoms with Crippen LogP contribution in [-0.2, 0) is 47.6 Å². The van der Waals surface area contributed by atoms with E-state index in [-0.39, 0.29) is 37.8 Å². The van der Waals surface area contributed by atoms with Crippen molar-refractivity contribution >= 4 is 23.9 Å². The molecule has 0 aliphatic carbocycles. The maximum atomic E-state index is 11.1. The average Bonchev–Trinajstić information content (AvgIpc) is 3.37. The van der Waals surface area contributed by atoms with E-state index < -0.39 is 30.2 Å². The molecule has 2 aliphatic heterocycles. The lowest BCUT2D eigenvalue weighted by molar-refractivity contribution is -0.178. The van der Waals surface area contributed by atoms with Crippen LogP contribution in [0.3, 0.4) is 0 Å². The summed E-state index contributed by atoms with van der Waals surface area (Å²) in [4.78, 5) is 44.1. The third-order valence-corrected chi connectivity index (χ3v) is 3.59. The highest BCUT2D eigenvalue weighted by atomic mass is 16.7. The van der Waals surface area contributed by atoms with Crippen LogP contribution in [0.2, 0.25) is 0 Å². The summed E-state index contributed by atoms with van der Waals surface area (Å²) < 4.78 is 29.0. The van der Waals surface area contributed by atoms with Crippen LogP contribution in [0.1, 0.15) is 40.5 Å². The molecule has 2 saturated heterocycles. The fraction of sp³-hybridized carbons (Fsp3) is 0.789. The molecule has 0 aromatic rings. The van der Waals surface area contributed by atoms with E-state index in [9.17, 15) is 19.2 Å². The maximum Gasteiger partial charge on any atom is 0.346 e. The van der Waals surface area contributed by atoms with Crippen LogP contribution in [0.4, 0.5) is 0 Å². The van der Waals surface area contributed by atoms with Crippen LogP contribution in [0.5, 0.6) is 0 Å². The fourth-order valence-corrected chi connectivity index (χ4v) is 1.81. The molecule has 2 rings (SSSR count). The first-order valence-corrected chi connectivity index (χ1v) is 9.60. The van der Waals surface area contributed by atoms with E-state index >= 15 is 0 Å². The molecule has 166 valence electrons. The summed E-state index contributed by atoms with van der Waals surface area (Å²) in [6, 6.07) is 0. The first kappa shape index (κ1) is 24.8. The standard InChI is InChI=1S/C10H16O5.C9H14O5/c1-7(2)10(12)14-6-8(11)15-9-4-3-5-13-9;1-6(2)9(11)14-5-8(10)13-4-7-3-12-7/h7,9H,3-6H2,1-2H3;6-7H,3-5H2,1-2H3. The number of hydrogen-bond donors (Lipinski definition) is 0. The molecule has 10 heteroatoms. The first-order chi connectivity index (χ1) is 13.7. The molecule has 2 heterocycles. The van der Waals surface area contributed by atoms with Gasteiger partial charge in [-0.1, -0.05) is 27.7 Å². The van der Waals surface area contributed by atoms with Gasteiger partial charge < -0.3 is 28.4 Å². The predicted octanol–water partition coefficient (Wildman–Crippen LogP) is 0.993. The van der Waals surface area contributed by atoms with Crippen LogP contribution in [-0.4, -0.2) is 69.3 Å². The van der Waals surface area contributed by atoms with E-state index in [0.717, 1.165) is 6.42 Å². The van der Waals surface area contributed by atoms with Gasteiger partial charge in [0.25, 0.3) is 0 Å². The van der Waals surface area contributed by atoms with Gasteiger partial charge in [-0.2, -0.15) is 0 Å². The topological polar surface area (TPSA) is 127 Å². The number of carbonyl (C=O) groups is 4. The highest BCUT2D eigenvalue weighted by Gasteiger charge is 2.24. The van der Waals surface area contributed by atoms with Gasteiger partial charge in [-0.25, -0.2) is 9.59 Å². The minimum absolute atomic E-state index is 0.0414. The summed E-state index contributed by atoms with van der Waals surface area (Å²) in [5.41, 5.74) is 0. The minimum Gasteiger partial charge on any atom is -0.460 e. The van der Waals surface area contributed by atoms with E-state index in [1.165, 1.54) is 0 Å². The van der Waals surface area contributed by atoms with Crippen molar-refractivity contribution in [1.82, 2.24) is 0 Å². The quantitative estimate of drug-likeness (QED) is 0.304. The molecule has 0 amide bonds. The Bertz CT molecular complexity index is 547. The number of rotatable bonds is 9. The Morgan fingerprint density at radius 2 is 1.41 bits per heavy atom. The Labute approximate surface area is 170 Å². The molecule has 2 fully saturated rings. The van der Waals surface area contributed by atoms with E-state index in [2.05, 4.69) is 4.74 Å². The van der Waals surface area contributed by atoms with Gasteiger partial charge in [0.15, 0.2) is 13.2 Å². The van der Waals surface area contributed by atoms with Crippen molar-refractivity contribution in [1.29, 1.82) is 0 Å². The number of carbonyl (C=O) groups excluding carboxylic acids is 4. The second kappa shape index (κ2) is 13.1. The van der Waals surface area contributed by atoms with E-state index in [4.69, 9.17) is 23.7 Å². The SMILES string of the molecule is CC(C)C(=O)OCC(=O)OC1CCCO1.CC(C)C(=O)OCC(=O)OCC1CO1. The van der Waals surface area contributed by atoms with Crippen LogP contribution in [0, 0.1) is 11.8 Å².